The Morgan fingerprint density at radius 1 is 1.24 bits per heavy atom. The first kappa shape index (κ1) is 16.4. The summed E-state index contributed by atoms with van der Waals surface area (Å²) >= 11 is 0. The number of amides is 1. The van der Waals surface area contributed by atoms with Crippen molar-refractivity contribution in [3.05, 3.63) is 23.9 Å². The summed E-state index contributed by atoms with van der Waals surface area (Å²) in [4.78, 5) is 32.7. The van der Waals surface area contributed by atoms with Gasteiger partial charge in [-0.05, 0) is 50.2 Å². The van der Waals surface area contributed by atoms with Crippen molar-refractivity contribution in [2.75, 3.05) is 31.1 Å². The molecule has 0 bridgehead atoms. The number of anilines is 1. The van der Waals surface area contributed by atoms with Gasteiger partial charge in [-0.2, -0.15) is 0 Å². The second kappa shape index (κ2) is 6.32. The number of carbonyl (C=O) groups is 2. The molecule has 3 fully saturated rings. The topological polar surface area (TPSA) is 73.7 Å². The van der Waals surface area contributed by atoms with Crippen LogP contribution in [0.1, 0.15) is 49.0 Å². The third-order valence-corrected chi connectivity index (χ3v) is 6.16. The van der Waals surface area contributed by atoms with Gasteiger partial charge in [0.1, 0.15) is 5.82 Å². The lowest BCUT2D eigenvalue weighted by molar-refractivity contribution is -0.146. The molecule has 2 aliphatic heterocycles. The maximum absolute atomic E-state index is 13.2. The Morgan fingerprint density at radius 3 is 2.80 bits per heavy atom. The molecule has 25 heavy (non-hydrogen) atoms. The highest BCUT2D eigenvalue weighted by atomic mass is 16.4. The number of likely N-dealkylation sites (tertiary alicyclic amines) is 1. The maximum Gasteiger partial charge on any atom is 0.354 e. The summed E-state index contributed by atoms with van der Waals surface area (Å²) in [5.74, 6) is 0.657. The van der Waals surface area contributed by atoms with Crippen LogP contribution in [0.4, 0.5) is 5.82 Å². The van der Waals surface area contributed by atoms with E-state index in [1.54, 1.807) is 6.07 Å². The molecule has 0 aromatic carbocycles. The number of hydrogen-bond acceptors (Lipinski definition) is 4. The minimum Gasteiger partial charge on any atom is -0.477 e. The summed E-state index contributed by atoms with van der Waals surface area (Å²) in [5.41, 5.74) is -0.247. The molecule has 6 nitrogen and oxygen atoms in total. The molecule has 1 saturated carbocycles. The standard InChI is InChI=1S/C19H25N3O3/c23-17(24)15-6-2-7-16(20-15)22-11-9-19(13-22)8-3-10-21(18(19)25)12-14-4-1-5-14/h2,6-7,14H,1,3-5,8-13H2,(H,23,24)/t19-/m0/s1. The highest BCUT2D eigenvalue weighted by Gasteiger charge is 2.49. The normalized spacial score (nSPS) is 27.0. The van der Waals surface area contributed by atoms with Crippen LogP contribution in [-0.2, 0) is 4.79 Å². The monoisotopic (exact) mass is 343 g/mol. The molecule has 0 radical (unpaired) electrons. The number of carboxylic acids is 1. The fourth-order valence-electron chi connectivity index (χ4n) is 4.48. The van der Waals surface area contributed by atoms with E-state index in [4.69, 9.17) is 5.11 Å². The van der Waals surface area contributed by atoms with Crippen LogP contribution in [0.5, 0.6) is 0 Å². The van der Waals surface area contributed by atoms with Crippen molar-refractivity contribution in [2.45, 2.75) is 38.5 Å². The first-order chi connectivity index (χ1) is 12.1. The van der Waals surface area contributed by atoms with Crippen LogP contribution >= 0.6 is 0 Å². The molecule has 134 valence electrons. The zero-order valence-electron chi connectivity index (χ0n) is 14.5. The number of nitrogens with zero attached hydrogens (tertiary/aromatic N) is 3. The second-order valence-electron chi connectivity index (χ2n) is 7.79. The Bertz CT molecular complexity index is 688. The highest BCUT2D eigenvalue weighted by Crippen LogP contribution is 2.42. The van der Waals surface area contributed by atoms with E-state index in [2.05, 4.69) is 14.8 Å². The van der Waals surface area contributed by atoms with Crippen LogP contribution in [0, 0.1) is 11.3 Å². The Kier molecular flexibility index (Phi) is 4.13. The molecule has 1 spiro atoms. The molecule has 1 aromatic heterocycles. The Morgan fingerprint density at radius 2 is 2.08 bits per heavy atom. The van der Waals surface area contributed by atoms with E-state index in [1.807, 2.05) is 6.07 Å². The van der Waals surface area contributed by atoms with Gasteiger partial charge in [-0.3, -0.25) is 4.79 Å². The van der Waals surface area contributed by atoms with Gasteiger partial charge in [-0.1, -0.05) is 12.5 Å². The molecule has 3 aliphatic rings. The molecule has 1 N–H and O–H groups in total. The highest BCUT2D eigenvalue weighted by molar-refractivity contribution is 5.86. The zero-order valence-corrected chi connectivity index (χ0v) is 14.5. The molecule has 0 unspecified atom stereocenters. The smallest absolute Gasteiger partial charge is 0.354 e. The Balaban J connectivity index is 1.49. The van der Waals surface area contributed by atoms with Crippen molar-refractivity contribution in [3.8, 4) is 0 Å². The van der Waals surface area contributed by atoms with Crippen molar-refractivity contribution in [1.82, 2.24) is 9.88 Å². The third-order valence-electron chi connectivity index (χ3n) is 6.16. The lowest BCUT2D eigenvalue weighted by atomic mass is 9.77. The quantitative estimate of drug-likeness (QED) is 0.909. The van der Waals surface area contributed by atoms with Crippen LogP contribution in [-0.4, -0.2) is 53.0 Å². The molecular weight excluding hydrogens is 318 g/mol. The molecule has 2 saturated heterocycles. The summed E-state index contributed by atoms with van der Waals surface area (Å²) in [6.07, 6.45) is 6.66. The second-order valence-corrected chi connectivity index (χ2v) is 7.79. The number of hydrogen-bond donors (Lipinski definition) is 1. The molecule has 1 atom stereocenters. The SMILES string of the molecule is O=C(O)c1cccc(N2CC[C@@]3(CCCN(CC4CCC4)C3=O)C2)n1. The van der Waals surface area contributed by atoms with Crippen LogP contribution in [0.25, 0.3) is 0 Å². The third kappa shape index (κ3) is 2.98. The number of aromatic nitrogens is 1. The van der Waals surface area contributed by atoms with E-state index in [-0.39, 0.29) is 11.1 Å². The number of carboxylic acid groups (broad SMARTS) is 1. The predicted octanol–water partition coefficient (Wildman–Crippen LogP) is 2.40. The zero-order chi connectivity index (χ0) is 17.4. The fraction of sp³-hybridized carbons (Fsp3) is 0.632. The van der Waals surface area contributed by atoms with Gasteiger partial charge in [0, 0.05) is 26.2 Å². The average Bonchev–Trinajstić information content (AvgIpc) is 3.00. The summed E-state index contributed by atoms with van der Waals surface area (Å²) in [6.45, 7) is 3.24. The van der Waals surface area contributed by atoms with Crippen LogP contribution in [0.15, 0.2) is 18.2 Å². The molecule has 1 amide bonds. The van der Waals surface area contributed by atoms with Crippen molar-refractivity contribution < 1.29 is 14.7 Å². The lowest BCUT2D eigenvalue weighted by Crippen LogP contribution is -2.51. The lowest BCUT2D eigenvalue weighted by Gasteiger charge is -2.42. The van der Waals surface area contributed by atoms with Gasteiger partial charge in [0.15, 0.2) is 5.69 Å². The van der Waals surface area contributed by atoms with Crippen molar-refractivity contribution in [2.24, 2.45) is 11.3 Å². The molecule has 4 rings (SSSR count). The van der Waals surface area contributed by atoms with Crippen molar-refractivity contribution in [3.63, 3.8) is 0 Å². The van der Waals surface area contributed by atoms with Crippen LogP contribution < -0.4 is 4.90 Å². The van der Waals surface area contributed by atoms with Gasteiger partial charge in [-0.15, -0.1) is 0 Å². The number of aromatic carboxylic acids is 1. The van der Waals surface area contributed by atoms with Gasteiger partial charge in [0.25, 0.3) is 0 Å². The fourth-order valence-corrected chi connectivity index (χ4v) is 4.48. The largest absolute Gasteiger partial charge is 0.477 e. The molecular formula is C19H25N3O3. The summed E-state index contributed by atoms with van der Waals surface area (Å²) in [5, 5.41) is 9.14. The van der Waals surface area contributed by atoms with Gasteiger partial charge in [0.05, 0.1) is 5.41 Å². The van der Waals surface area contributed by atoms with Gasteiger partial charge >= 0.3 is 5.97 Å². The van der Waals surface area contributed by atoms with Gasteiger partial charge in [0.2, 0.25) is 5.91 Å². The number of pyridine rings is 1. The van der Waals surface area contributed by atoms with E-state index in [9.17, 15) is 9.59 Å². The Hall–Kier alpha value is -2.11. The number of piperidine rings is 1. The summed E-state index contributed by atoms with van der Waals surface area (Å²) < 4.78 is 0. The van der Waals surface area contributed by atoms with E-state index >= 15 is 0 Å². The summed E-state index contributed by atoms with van der Waals surface area (Å²) in [6, 6.07) is 5.07. The van der Waals surface area contributed by atoms with Crippen molar-refractivity contribution in [1.29, 1.82) is 0 Å². The predicted molar refractivity (Wildman–Crippen MR) is 93.6 cm³/mol. The minimum atomic E-state index is -1.02. The molecule has 3 heterocycles. The average molecular weight is 343 g/mol. The van der Waals surface area contributed by atoms with E-state index in [1.165, 1.54) is 25.3 Å². The van der Waals surface area contributed by atoms with E-state index in [0.717, 1.165) is 38.9 Å². The van der Waals surface area contributed by atoms with Crippen LogP contribution in [0.2, 0.25) is 0 Å². The number of rotatable bonds is 4. The molecule has 1 aromatic rings. The van der Waals surface area contributed by atoms with Gasteiger partial charge in [-0.25, -0.2) is 9.78 Å². The molecule has 1 aliphatic carbocycles. The van der Waals surface area contributed by atoms with Crippen molar-refractivity contribution >= 4 is 17.7 Å². The molecule has 6 heteroatoms. The van der Waals surface area contributed by atoms with Gasteiger partial charge < -0.3 is 14.9 Å². The Labute approximate surface area is 147 Å². The van der Waals surface area contributed by atoms with Crippen LogP contribution in [0.3, 0.4) is 0 Å². The van der Waals surface area contributed by atoms with E-state index in [0.29, 0.717) is 24.2 Å². The number of carbonyl (C=O) groups excluding carboxylic acids is 1. The van der Waals surface area contributed by atoms with E-state index < -0.39 is 5.97 Å². The summed E-state index contributed by atoms with van der Waals surface area (Å²) in [7, 11) is 0. The maximum atomic E-state index is 13.2. The first-order valence-corrected chi connectivity index (χ1v) is 9.32. The first-order valence-electron chi connectivity index (χ1n) is 9.32. The minimum absolute atomic E-state index is 0.0556.